The number of carbonyl (C=O) groups is 2. The highest BCUT2D eigenvalue weighted by Crippen LogP contribution is 2.14. The normalized spacial score (nSPS) is 21.4. The molecular weight excluding hydrogens is 182 g/mol. The van der Waals surface area contributed by atoms with Crippen molar-refractivity contribution in [3.63, 3.8) is 0 Å². The molecule has 5 nitrogen and oxygen atoms in total. The molecule has 1 aliphatic rings. The number of amides is 1. The predicted octanol–water partition coefficient (Wildman–Crippen LogP) is -0.863. The first-order chi connectivity index (χ1) is 5.43. The average Bonchev–Trinajstić information content (AvgIpc) is 2.15. The molecular formula is C6H9NO4S. The third-order valence-corrected chi connectivity index (χ3v) is 3.28. The first-order valence-electron chi connectivity index (χ1n) is 3.46. The molecule has 1 heterocycles. The Kier molecular flexibility index (Phi) is 2.18. The Hall–Kier alpha value is -0.910. The Morgan fingerprint density at radius 1 is 1.58 bits per heavy atom. The summed E-state index contributed by atoms with van der Waals surface area (Å²) in [5.74, 6) is -0.974. The zero-order valence-corrected chi connectivity index (χ0v) is 7.43. The lowest BCUT2D eigenvalue weighted by atomic mass is 10.4. The summed E-state index contributed by atoms with van der Waals surface area (Å²) in [5, 5.41) is 0. The molecule has 1 aliphatic heterocycles. The van der Waals surface area contributed by atoms with Crippen LogP contribution in [0.3, 0.4) is 0 Å². The van der Waals surface area contributed by atoms with Crippen LogP contribution in [0.5, 0.6) is 0 Å². The van der Waals surface area contributed by atoms with E-state index in [0.717, 1.165) is 0 Å². The van der Waals surface area contributed by atoms with Gasteiger partial charge in [-0.3, -0.25) is 9.59 Å². The van der Waals surface area contributed by atoms with Gasteiger partial charge in [0, 0.05) is 6.42 Å². The van der Waals surface area contributed by atoms with Gasteiger partial charge in [-0.2, -0.15) is 0 Å². The van der Waals surface area contributed by atoms with Crippen molar-refractivity contribution in [1.82, 2.24) is 4.31 Å². The van der Waals surface area contributed by atoms with Crippen molar-refractivity contribution in [2.75, 3.05) is 12.3 Å². The number of Topliss-reactive ketones (excluding diaryl/α,β-unsaturated/α-hetero) is 1. The second-order valence-electron chi connectivity index (χ2n) is 2.67. The molecule has 1 fully saturated rings. The monoisotopic (exact) mass is 191 g/mol. The van der Waals surface area contributed by atoms with Crippen molar-refractivity contribution in [1.29, 1.82) is 0 Å². The Bertz CT molecular complexity index is 318. The molecule has 6 heteroatoms. The first kappa shape index (κ1) is 9.18. The number of carbonyl (C=O) groups excluding carboxylic acids is 2. The lowest BCUT2D eigenvalue weighted by molar-refractivity contribution is -0.128. The maximum Gasteiger partial charge on any atom is 0.238 e. The average molecular weight is 191 g/mol. The number of rotatable bonds is 2. The van der Waals surface area contributed by atoms with E-state index < -0.39 is 15.9 Å². The van der Waals surface area contributed by atoms with Gasteiger partial charge in [0.1, 0.15) is 5.78 Å². The molecule has 0 aromatic heterocycles. The van der Waals surface area contributed by atoms with Gasteiger partial charge in [0.05, 0.1) is 12.3 Å². The van der Waals surface area contributed by atoms with E-state index in [1.807, 2.05) is 0 Å². The summed E-state index contributed by atoms with van der Waals surface area (Å²) in [6.45, 7) is 0.933. The summed E-state index contributed by atoms with van der Waals surface area (Å²) in [6.07, 6.45) is -0.00435. The van der Waals surface area contributed by atoms with Crippen molar-refractivity contribution >= 4 is 21.7 Å². The number of hydrogen-bond donors (Lipinski definition) is 0. The van der Waals surface area contributed by atoms with E-state index in [1.165, 1.54) is 6.92 Å². The molecule has 0 radical (unpaired) electrons. The Balaban J connectivity index is 2.86. The molecule has 12 heavy (non-hydrogen) atoms. The van der Waals surface area contributed by atoms with E-state index in [1.54, 1.807) is 0 Å². The number of hydrogen-bond acceptors (Lipinski definition) is 4. The molecule has 0 atom stereocenters. The van der Waals surface area contributed by atoms with E-state index in [2.05, 4.69) is 0 Å². The molecule has 0 N–H and O–H groups in total. The summed E-state index contributed by atoms with van der Waals surface area (Å²) >= 11 is 0. The third-order valence-electron chi connectivity index (χ3n) is 1.55. The lowest BCUT2D eigenvalue weighted by Gasteiger charge is -2.11. The highest BCUT2D eigenvalue weighted by Gasteiger charge is 2.35. The molecule has 0 saturated carbocycles. The van der Waals surface area contributed by atoms with Gasteiger partial charge in [0.25, 0.3) is 0 Å². The lowest BCUT2D eigenvalue weighted by Crippen LogP contribution is -2.33. The Morgan fingerprint density at radius 2 is 2.17 bits per heavy atom. The topological polar surface area (TPSA) is 71.5 Å². The maximum absolute atomic E-state index is 11.1. The second kappa shape index (κ2) is 2.85. The number of ketones is 1. The smallest absolute Gasteiger partial charge is 0.238 e. The van der Waals surface area contributed by atoms with Crippen molar-refractivity contribution < 1.29 is 18.0 Å². The Labute approximate surface area is 70.4 Å². The van der Waals surface area contributed by atoms with Crippen LogP contribution in [-0.2, 0) is 19.6 Å². The molecule has 0 unspecified atom stereocenters. The Morgan fingerprint density at radius 3 is 2.50 bits per heavy atom. The van der Waals surface area contributed by atoms with Gasteiger partial charge >= 0.3 is 0 Å². The summed E-state index contributed by atoms with van der Waals surface area (Å²) in [5.41, 5.74) is 0. The highest BCUT2D eigenvalue weighted by atomic mass is 32.2. The predicted molar refractivity (Wildman–Crippen MR) is 40.8 cm³/mol. The van der Waals surface area contributed by atoms with Crippen LogP contribution in [0.25, 0.3) is 0 Å². The van der Waals surface area contributed by atoms with Gasteiger partial charge in [0.2, 0.25) is 15.9 Å². The van der Waals surface area contributed by atoms with Gasteiger partial charge in [0.15, 0.2) is 0 Å². The largest absolute Gasteiger partial charge is 0.298 e. The molecule has 0 spiro atoms. The minimum Gasteiger partial charge on any atom is -0.298 e. The van der Waals surface area contributed by atoms with Crippen LogP contribution in [-0.4, -0.2) is 36.7 Å². The third kappa shape index (κ3) is 1.63. The SMILES string of the molecule is CC(=O)CN1C(=O)CCS1(=O)=O. The van der Waals surface area contributed by atoms with E-state index in [-0.39, 0.29) is 24.5 Å². The van der Waals surface area contributed by atoms with Crippen molar-refractivity contribution in [2.45, 2.75) is 13.3 Å². The molecule has 0 aromatic carbocycles. The van der Waals surface area contributed by atoms with Crippen molar-refractivity contribution in [3.8, 4) is 0 Å². The van der Waals surface area contributed by atoms with E-state index in [9.17, 15) is 18.0 Å². The van der Waals surface area contributed by atoms with Gasteiger partial charge in [-0.15, -0.1) is 0 Å². The minimum atomic E-state index is -3.47. The zero-order chi connectivity index (χ0) is 9.35. The molecule has 0 aromatic rings. The van der Waals surface area contributed by atoms with Crippen molar-refractivity contribution in [2.24, 2.45) is 0 Å². The molecule has 1 amide bonds. The molecule has 68 valence electrons. The zero-order valence-electron chi connectivity index (χ0n) is 6.61. The van der Waals surface area contributed by atoms with E-state index in [4.69, 9.17) is 0 Å². The molecule has 0 aliphatic carbocycles. The van der Waals surface area contributed by atoms with E-state index in [0.29, 0.717) is 4.31 Å². The number of nitrogens with zero attached hydrogens (tertiary/aromatic N) is 1. The van der Waals surface area contributed by atoms with Crippen LogP contribution in [0.1, 0.15) is 13.3 Å². The molecule has 0 bridgehead atoms. The fraction of sp³-hybridized carbons (Fsp3) is 0.667. The van der Waals surface area contributed by atoms with Crippen LogP contribution in [0.15, 0.2) is 0 Å². The van der Waals surface area contributed by atoms with Gasteiger partial charge in [-0.05, 0) is 6.92 Å². The quantitative estimate of drug-likeness (QED) is 0.569. The minimum absolute atomic E-state index is 0.00435. The van der Waals surface area contributed by atoms with Crippen LogP contribution in [0.4, 0.5) is 0 Å². The van der Waals surface area contributed by atoms with Crippen molar-refractivity contribution in [3.05, 3.63) is 0 Å². The first-order valence-corrected chi connectivity index (χ1v) is 5.07. The van der Waals surface area contributed by atoms with Crippen LogP contribution >= 0.6 is 0 Å². The van der Waals surface area contributed by atoms with Crippen LogP contribution in [0, 0.1) is 0 Å². The molecule has 1 rings (SSSR count). The van der Waals surface area contributed by atoms with Crippen LogP contribution < -0.4 is 0 Å². The fourth-order valence-electron chi connectivity index (χ4n) is 0.995. The second-order valence-corrected chi connectivity index (χ2v) is 4.68. The standard InChI is InChI=1S/C6H9NO4S/c1-5(8)4-7-6(9)2-3-12(7,10)11/h2-4H2,1H3. The van der Waals surface area contributed by atoms with Gasteiger partial charge in [-0.25, -0.2) is 12.7 Å². The number of sulfonamides is 1. The maximum atomic E-state index is 11.1. The summed E-state index contributed by atoms with van der Waals surface area (Å²) in [7, 11) is -3.47. The van der Waals surface area contributed by atoms with Crippen LogP contribution in [0.2, 0.25) is 0 Å². The summed E-state index contributed by atoms with van der Waals surface area (Å²) in [4.78, 5) is 21.5. The summed E-state index contributed by atoms with van der Waals surface area (Å²) in [6, 6.07) is 0. The van der Waals surface area contributed by atoms with E-state index >= 15 is 0 Å². The highest BCUT2D eigenvalue weighted by molar-refractivity contribution is 7.90. The fourth-order valence-corrected chi connectivity index (χ4v) is 2.43. The molecule has 1 saturated heterocycles. The summed E-state index contributed by atoms with van der Waals surface area (Å²) < 4.78 is 22.8. The van der Waals surface area contributed by atoms with Gasteiger partial charge < -0.3 is 0 Å². The van der Waals surface area contributed by atoms with Gasteiger partial charge in [-0.1, -0.05) is 0 Å².